The predicted molar refractivity (Wildman–Crippen MR) is 102 cm³/mol. The lowest BCUT2D eigenvalue weighted by atomic mass is 9.93. The fourth-order valence-corrected chi connectivity index (χ4v) is 3.10. The predicted octanol–water partition coefficient (Wildman–Crippen LogP) is 4.23. The van der Waals surface area contributed by atoms with Gasteiger partial charge < -0.3 is 14.8 Å². The molecule has 0 aliphatic rings. The molecule has 0 aliphatic heterocycles. The van der Waals surface area contributed by atoms with Crippen LogP contribution in [0.1, 0.15) is 35.4 Å². The Labute approximate surface area is 153 Å². The summed E-state index contributed by atoms with van der Waals surface area (Å²) in [5.74, 6) is 0.0933. The highest BCUT2D eigenvalue weighted by atomic mass is 16.3. The first-order valence-electron chi connectivity index (χ1n) is 8.79. The van der Waals surface area contributed by atoms with Gasteiger partial charge in [-0.15, -0.1) is 0 Å². The minimum absolute atomic E-state index is 0.0373. The van der Waals surface area contributed by atoms with Crippen molar-refractivity contribution in [3.05, 3.63) is 84.3 Å². The average molecular weight is 349 g/mol. The number of carbonyl (C=O) groups excluding carboxylic acids is 1. The molecule has 134 valence electrons. The SMILES string of the molecule is C[C@@H](O)C[C@H](CNC(=O)c1occc1-c1ccccc1)c1ccccc1. The zero-order valence-electron chi connectivity index (χ0n) is 14.8. The molecular formula is C22H23NO3. The number of carbonyl (C=O) groups is 1. The zero-order valence-corrected chi connectivity index (χ0v) is 14.8. The van der Waals surface area contributed by atoms with E-state index in [9.17, 15) is 9.90 Å². The van der Waals surface area contributed by atoms with E-state index >= 15 is 0 Å². The van der Waals surface area contributed by atoms with E-state index in [4.69, 9.17) is 4.42 Å². The van der Waals surface area contributed by atoms with Crippen LogP contribution in [0.25, 0.3) is 11.1 Å². The lowest BCUT2D eigenvalue weighted by molar-refractivity contribution is 0.0919. The molecule has 2 N–H and O–H groups in total. The van der Waals surface area contributed by atoms with Gasteiger partial charge in [0.15, 0.2) is 5.76 Å². The van der Waals surface area contributed by atoms with Crippen molar-refractivity contribution < 1.29 is 14.3 Å². The molecule has 0 spiro atoms. The van der Waals surface area contributed by atoms with Gasteiger partial charge in [-0.1, -0.05) is 60.7 Å². The van der Waals surface area contributed by atoms with Crippen molar-refractivity contribution in [1.82, 2.24) is 5.32 Å². The van der Waals surface area contributed by atoms with Crippen LogP contribution in [-0.4, -0.2) is 23.7 Å². The fourth-order valence-electron chi connectivity index (χ4n) is 3.10. The van der Waals surface area contributed by atoms with Crippen molar-refractivity contribution >= 4 is 5.91 Å². The van der Waals surface area contributed by atoms with Crippen molar-refractivity contribution in [1.29, 1.82) is 0 Å². The molecule has 3 rings (SSSR count). The molecule has 2 atom stereocenters. The van der Waals surface area contributed by atoms with E-state index in [2.05, 4.69) is 5.32 Å². The summed E-state index contributed by atoms with van der Waals surface area (Å²) in [4.78, 5) is 12.7. The second kappa shape index (κ2) is 8.50. The van der Waals surface area contributed by atoms with Crippen molar-refractivity contribution in [2.75, 3.05) is 6.54 Å². The highest BCUT2D eigenvalue weighted by Crippen LogP contribution is 2.25. The third-order valence-corrected chi connectivity index (χ3v) is 4.36. The number of aliphatic hydroxyl groups is 1. The van der Waals surface area contributed by atoms with Gasteiger partial charge in [0.25, 0.3) is 5.91 Å². The average Bonchev–Trinajstić information content (AvgIpc) is 3.16. The van der Waals surface area contributed by atoms with Gasteiger partial charge in [-0.2, -0.15) is 0 Å². The molecular weight excluding hydrogens is 326 g/mol. The number of hydrogen-bond donors (Lipinski definition) is 2. The summed E-state index contributed by atoms with van der Waals surface area (Å²) in [5, 5.41) is 12.8. The highest BCUT2D eigenvalue weighted by Gasteiger charge is 2.20. The van der Waals surface area contributed by atoms with E-state index in [0.29, 0.717) is 18.7 Å². The summed E-state index contributed by atoms with van der Waals surface area (Å²) in [6, 6.07) is 21.4. The molecule has 4 heteroatoms. The molecule has 2 aromatic carbocycles. The molecule has 0 aliphatic carbocycles. The summed E-state index contributed by atoms with van der Waals surface area (Å²) in [6.07, 6.45) is 1.66. The minimum atomic E-state index is -0.444. The monoisotopic (exact) mass is 349 g/mol. The maximum Gasteiger partial charge on any atom is 0.287 e. The quantitative estimate of drug-likeness (QED) is 0.671. The first kappa shape index (κ1) is 18.0. The van der Waals surface area contributed by atoms with Gasteiger partial charge in [-0.3, -0.25) is 4.79 Å². The molecule has 0 radical (unpaired) electrons. The largest absolute Gasteiger partial charge is 0.459 e. The molecule has 3 aromatic rings. The van der Waals surface area contributed by atoms with Crippen LogP contribution in [0.15, 0.2) is 77.4 Å². The third-order valence-electron chi connectivity index (χ3n) is 4.36. The second-order valence-corrected chi connectivity index (χ2v) is 6.43. The standard InChI is InChI=1S/C22H23NO3/c1-16(24)14-19(17-8-4-2-5-9-17)15-23-22(25)21-20(12-13-26-21)18-10-6-3-7-11-18/h2-13,16,19,24H,14-15H2,1H3,(H,23,25)/t16-,19-/m1/s1. The van der Waals surface area contributed by atoms with E-state index in [1.165, 1.54) is 6.26 Å². The van der Waals surface area contributed by atoms with Gasteiger partial charge in [0.2, 0.25) is 0 Å². The molecule has 0 saturated heterocycles. The molecule has 0 unspecified atom stereocenters. The van der Waals surface area contributed by atoms with E-state index < -0.39 is 6.10 Å². The van der Waals surface area contributed by atoms with Gasteiger partial charge in [-0.25, -0.2) is 0 Å². The lowest BCUT2D eigenvalue weighted by Gasteiger charge is -2.19. The van der Waals surface area contributed by atoms with Crippen molar-refractivity contribution in [3.63, 3.8) is 0 Å². The summed E-state index contributed by atoms with van der Waals surface area (Å²) in [5.41, 5.74) is 2.81. The van der Waals surface area contributed by atoms with Gasteiger partial charge in [0.05, 0.1) is 12.4 Å². The van der Waals surface area contributed by atoms with Crippen LogP contribution >= 0.6 is 0 Å². The minimum Gasteiger partial charge on any atom is -0.459 e. The topological polar surface area (TPSA) is 62.5 Å². The summed E-state index contributed by atoms with van der Waals surface area (Å²) in [6.45, 7) is 2.19. The Hall–Kier alpha value is -2.85. The van der Waals surface area contributed by atoms with Crippen LogP contribution in [-0.2, 0) is 0 Å². The molecule has 0 fully saturated rings. The maximum absolute atomic E-state index is 12.7. The van der Waals surface area contributed by atoms with Gasteiger partial charge >= 0.3 is 0 Å². The molecule has 26 heavy (non-hydrogen) atoms. The van der Waals surface area contributed by atoms with Gasteiger partial charge in [-0.05, 0) is 30.5 Å². The number of nitrogens with one attached hydrogen (secondary N) is 1. The Morgan fingerprint density at radius 3 is 2.35 bits per heavy atom. The van der Waals surface area contributed by atoms with Crippen LogP contribution in [0.4, 0.5) is 0 Å². The highest BCUT2D eigenvalue weighted by molar-refractivity contribution is 5.98. The maximum atomic E-state index is 12.7. The first-order chi connectivity index (χ1) is 12.6. The summed E-state index contributed by atoms with van der Waals surface area (Å²) < 4.78 is 5.44. The van der Waals surface area contributed by atoms with Crippen LogP contribution in [0.3, 0.4) is 0 Å². The Balaban J connectivity index is 1.73. The number of hydrogen-bond acceptors (Lipinski definition) is 3. The van der Waals surface area contributed by atoms with E-state index in [1.807, 2.05) is 60.7 Å². The normalized spacial score (nSPS) is 13.2. The van der Waals surface area contributed by atoms with Gasteiger partial charge in [0, 0.05) is 18.0 Å². The Bertz CT molecular complexity index is 825. The first-order valence-corrected chi connectivity index (χ1v) is 8.79. The Kier molecular flexibility index (Phi) is 5.87. The van der Waals surface area contributed by atoms with Crippen molar-refractivity contribution in [2.45, 2.75) is 25.4 Å². The molecule has 1 heterocycles. The molecule has 4 nitrogen and oxygen atoms in total. The van der Waals surface area contributed by atoms with Crippen molar-refractivity contribution in [2.24, 2.45) is 0 Å². The smallest absolute Gasteiger partial charge is 0.287 e. The van der Waals surface area contributed by atoms with Crippen LogP contribution in [0, 0.1) is 0 Å². The number of furan rings is 1. The lowest BCUT2D eigenvalue weighted by Crippen LogP contribution is -2.29. The third kappa shape index (κ3) is 4.41. The van der Waals surface area contributed by atoms with Crippen molar-refractivity contribution in [3.8, 4) is 11.1 Å². The van der Waals surface area contributed by atoms with E-state index in [0.717, 1.165) is 16.7 Å². The summed E-state index contributed by atoms with van der Waals surface area (Å²) >= 11 is 0. The number of aliphatic hydroxyl groups excluding tert-OH is 1. The number of benzene rings is 2. The second-order valence-electron chi connectivity index (χ2n) is 6.43. The molecule has 0 bridgehead atoms. The van der Waals surface area contributed by atoms with E-state index in [-0.39, 0.29) is 11.8 Å². The van der Waals surface area contributed by atoms with E-state index in [1.54, 1.807) is 13.0 Å². The van der Waals surface area contributed by atoms with Crippen LogP contribution < -0.4 is 5.32 Å². The fraction of sp³-hybridized carbons (Fsp3) is 0.227. The number of amides is 1. The number of rotatable bonds is 7. The summed E-state index contributed by atoms with van der Waals surface area (Å²) in [7, 11) is 0. The molecule has 1 aromatic heterocycles. The van der Waals surface area contributed by atoms with Crippen LogP contribution in [0.2, 0.25) is 0 Å². The van der Waals surface area contributed by atoms with Crippen LogP contribution in [0.5, 0.6) is 0 Å². The Morgan fingerprint density at radius 2 is 1.69 bits per heavy atom. The van der Waals surface area contributed by atoms with Gasteiger partial charge in [0.1, 0.15) is 0 Å². The zero-order chi connectivity index (χ0) is 18.4. The molecule has 1 amide bonds. The Morgan fingerprint density at radius 1 is 1.04 bits per heavy atom. The molecule has 0 saturated carbocycles.